The summed E-state index contributed by atoms with van der Waals surface area (Å²) in [6.45, 7) is 0. The molecule has 0 aromatic rings. The zero-order chi connectivity index (χ0) is 3.58. The van der Waals surface area contributed by atoms with Gasteiger partial charge in [0.05, 0.1) is 0 Å². The van der Waals surface area contributed by atoms with E-state index < -0.39 is 4.83 Å². The first kappa shape index (κ1) is 9.38. The van der Waals surface area contributed by atoms with Crippen LogP contribution in [0.5, 0.6) is 0 Å². The van der Waals surface area contributed by atoms with Crippen LogP contribution in [0.3, 0.4) is 0 Å². The van der Waals surface area contributed by atoms with Gasteiger partial charge in [0.1, 0.15) is 0 Å². The maximum atomic E-state index is 9.06. The molecular formula is CH4AlNaO2. The first-order valence-corrected chi connectivity index (χ1v) is 1.93. The fourth-order valence-electron chi connectivity index (χ4n) is 0. The Morgan fingerprint density at radius 3 is 1.80 bits per heavy atom. The molecule has 1 N–H and O–H groups in total. The van der Waals surface area contributed by atoms with Crippen LogP contribution >= 0.6 is 0 Å². The summed E-state index contributed by atoms with van der Waals surface area (Å²) < 4.78 is 0. The van der Waals surface area contributed by atoms with Gasteiger partial charge in [0.25, 0.3) is 0 Å². The summed E-state index contributed by atoms with van der Waals surface area (Å²) >= 11 is 0.265. The number of carbonyl (C=O) groups is 1. The van der Waals surface area contributed by atoms with Gasteiger partial charge < -0.3 is 5.11 Å². The Labute approximate surface area is 60.3 Å². The predicted octanol–water partition coefficient (Wildman–Crippen LogP) is -1.35. The molecule has 0 aliphatic rings. The van der Waals surface area contributed by atoms with E-state index in [-0.39, 0.29) is 45.8 Å². The van der Waals surface area contributed by atoms with E-state index >= 15 is 0 Å². The molecule has 0 spiro atoms. The Kier molecular flexibility index (Phi) is 9.38. The van der Waals surface area contributed by atoms with Gasteiger partial charge >= 0.3 is 45.8 Å². The van der Waals surface area contributed by atoms with Gasteiger partial charge in [0.15, 0.2) is 4.83 Å². The zero-order valence-corrected chi connectivity index (χ0v) is 4.36. The summed E-state index contributed by atoms with van der Waals surface area (Å²) in [6.07, 6.45) is 0. The normalized spacial score (nSPS) is 4.80. The molecule has 5 heavy (non-hydrogen) atoms. The quantitative estimate of drug-likeness (QED) is 0.380. The third-order valence-electron chi connectivity index (χ3n) is 0. The van der Waals surface area contributed by atoms with Crippen molar-refractivity contribution in [2.24, 2.45) is 0 Å². The van der Waals surface area contributed by atoms with Crippen LogP contribution in [0.2, 0.25) is 0 Å². The third-order valence-corrected chi connectivity index (χ3v) is 0. The average molecular weight is 98.0 g/mol. The fourth-order valence-corrected chi connectivity index (χ4v) is 0. The Morgan fingerprint density at radius 2 is 1.80 bits per heavy atom. The molecule has 0 aromatic heterocycles. The Morgan fingerprint density at radius 1 is 1.80 bits per heavy atom. The van der Waals surface area contributed by atoms with E-state index in [1.165, 1.54) is 0 Å². The predicted molar refractivity (Wildman–Crippen MR) is 23.7 cm³/mol. The molecule has 0 unspecified atom stereocenters. The van der Waals surface area contributed by atoms with E-state index in [1.807, 2.05) is 0 Å². The van der Waals surface area contributed by atoms with Crippen LogP contribution in [0.1, 0.15) is 0 Å². The van der Waals surface area contributed by atoms with Crippen LogP contribution in [0.25, 0.3) is 0 Å². The minimum atomic E-state index is -0.694. The van der Waals surface area contributed by atoms with Crippen LogP contribution < -0.4 is 0 Å². The van der Waals surface area contributed by atoms with Crippen molar-refractivity contribution < 1.29 is 9.90 Å². The van der Waals surface area contributed by atoms with Crippen molar-refractivity contribution in [1.82, 2.24) is 0 Å². The molecule has 24 valence electrons. The van der Waals surface area contributed by atoms with Gasteiger partial charge in [-0.2, -0.15) is 0 Å². The Hall–Kier alpha value is 1.00. The van der Waals surface area contributed by atoms with Crippen LogP contribution in [0, 0.1) is 0 Å². The second-order valence-electron chi connectivity index (χ2n) is 0.519. The zero-order valence-electron chi connectivity index (χ0n) is 2.36. The van der Waals surface area contributed by atoms with E-state index in [0.717, 1.165) is 0 Å². The van der Waals surface area contributed by atoms with Gasteiger partial charge in [-0.15, -0.1) is 0 Å². The van der Waals surface area contributed by atoms with E-state index in [0.29, 0.717) is 0 Å². The van der Waals surface area contributed by atoms with Crippen molar-refractivity contribution in [3.8, 4) is 0 Å². The molecular weight excluding hydrogens is 94.0 g/mol. The summed E-state index contributed by atoms with van der Waals surface area (Å²) in [7, 11) is 0. The van der Waals surface area contributed by atoms with Crippen molar-refractivity contribution in [3.05, 3.63) is 0 Å². The molecule has 0 aromatic carbocycles. The molecule has 0 radical (unpaired) electrons. The van der Waals surface area contributed by atoms with Gasteiger partial charge in [0, 0.05) is 0 Å². The summed E-state index contributed by atoms with van der Waals surface area (Å²) in [6, 6.07) is 0. The molecule has 0 amide bonds. The van der Waals surface area contributed by atoms with Crippen LogP contribution in [0.15, 0.2) is 0 Å². The summed E-state index contributed by atoms with van der Waals surface area (Å²) in [5.41, 5.74) is 0. The second-order valence-corrected chi connectivity index (χ2v) is 1.37. The topological polar surface area (TPSA) is 37.3 Å². The standard InChI is InChI=1S/CHO2.Al.Na.3H/c2-1-3;;;;;/h(H,2,3);;;;;. The van der Waals surface area contributed by atoms with Crippen LogP contribution in [-0.4, -0.2) is 55.8 Å². The average Bonchev–Trinajstić information content (AvgIpc) is 0.811. The Balaban J connectivity index is 0. The number of rotatable bonds is 0. The first-order valence-electron chi connectivity index (χ1n) is 0.928. The monoisotopic (exact) mass is 98.0 g/mol. The minimum absolute atomic E-state index is 0. The molecule has 0 atom stereocenters. The molecule has 0 aliphatic heterocycles. The van der Waals surface area contributed by atoms with Crippen LogP contribution in [-0.2, 0) is 0 Å². The summed E-state index contributed by atoms with van der Waals surface area (Å²) in [5, 5.41) is 7.48. The van der Waals surface area contributed by atoms with Gasteiger partial charge in [0.2, 0.25) is 0 Å². The van der Waals surface area contributed by atoms with Gasteiger partial charge in [-0.3, -0.25) is 4.79 Å². The van der Waals surface area contributed by atoms with Crippen molar-refractivity contribution >= 4 is 50.7 Å². The molecule has 0 rings (SSSR count). The van der Waals surface area contributed by atoms with E-state index in [9.17, 15) is 0 Å². The summed E-state index contributed by atoms with van der Waals surface area (Å²) in [4.78, 5) is 8.37. The van der Waals surface area contributed by atoms with Gasteiger partial charge in [-0.1, -0.05) is 0 Å². The molecule has 0 saturated carbocycles. The van der Waals surface area contributed by atoms with E-state index in [1.54, 1.807) is 0 Å². The number of hydrogen-bond acceptors (Lipinski definition) is 1. The fraction of sp³-hybridized carbons (Fsp3) is 0. The van der Waals surface area contributed by atoms with Crippen molar-refractivity contribution in [2.75, 3.05) is 0 Å². The first-order chi connectivity index (χ1) is 1.73. The molecule has 0 fully saturated rings. The Bertz CT molecular complexity index is 32.6. The summed E-state index contributed by atoms with van der Waals surface area (Å²) in [5.74, 6) is 0. The van der Waals surface area contributed by atoms with E-state index in [2.05, 4.69) is 0 Å². The molecule has 0 aliphatic carbocycles. The van der Waals surface area contributed by atoms with E-state index in [4.69, 9.17) is 9.90 Å². The molecule has 0 bridgehead atoms. The third kappa shape index (κ3) is 44.9. The molecule has 2 nitrogen and oxygen atoms in total. The number of hydrogen-bond donors (Lipinski definition) is 1. The van der Waals surface area contributed by atoms with Crippen molar-refractivity contribution in [3.63, 3.8) is 0 Å². The van der Waals surface area contributed by atoms with Crippen molar-refractivity contribution in [2.45, 2.75) is 0 Å². The molecule has 4 heteroatoms. The maximum absolute atomic E-state index is 9.06. The van der Waals surface area contributed by atoms with Gasteiger partial charge in [-0.05, 0) is 0 Å². The molecule has 0 saturated heterocycles. The SMILES string of the molecule is O=[C](O)[AlH2].[NaH]. The van der Waals surface area contributed by atoms with Crippen LogP contribution in [0.4, 0.5) is 4.79 Å². The molecule has 0 heterocycles. The second kappa shape index (κ2) is 5.00. The van der Waals surface area contributed by atoms with Gasteiger partial charge in [-0.25, -0.2) is 0 Å². The number of carboxylic acid groups (broad SMARTS) is 1. The van der Waals surface area contributed by atoms with Crippen molar-refractivity contribution in [1.29, 1.82) is 0 Å².